The molecule has 2 rings (SSSR count). The summed E-state index contributed by atoms with van der Waals surface area (Å²) >= 11 is 3.32. The number of Topliss-reactive ketones (excluding diaryl/α,β-unsaturated/α-hetero) is 1. The number of ketones is 1. The van der Waals surface area contributed by atoms with Crippen LogP contribution >= 0.6 is 15.9 Å². The Hall–Kier alpha value is -0.900. The van der Waals surface area contributed by atoms with Crippen LogP contribution in [0.5, 0.6) is 5.88 Å². The number of hydrogen-bond donors (Lipinski definition) is 0. The first-order valence-electron chi connectivity index (χ1n) is 5.04. The minimum atomic E-state index is 0.149. The lowest BCUT2D eigenvalue weighted by Crippen LogP contribution is -2.24. The third kappa shape index (κ3) is 3.02. The van der Waals surface area contributed by atoms with E-state index in [2.05, 4.69) is 20.9 Å². The molecule has 0 spiro atoms. The molecule has 0 unspecified atom stereocenters. The van der Waals surface area contributed by atoms with Crippen molar-refractivity contribution in [2.75, 3.05) is 0 Å². The van der Waals surface area contributed by atoms with Crippen LogP contribution in [-0.4, -0.2) is 16.9 Å². The number of carbonyl (C=O) groups is 1. The van der Waals surface area contributed by atoms with Crippen molar-refractivity contribution in [3.8, 4) is 5.88 Å². The first-order chi connectivity index (χ1) is 7.24. The van der Waals surface area contributed by atoms with Gasteiger partial charge >= 0.3 is 0 Å². The molecule has 1 fully saturated rings. The molecule has 0 radical (unpaired) electrons. The van der Waals surface area contributed by atoms with Gasteiger partial charge in [-0.15, -0.1) is 0 Å². The smallest absolute Gasteiger partial charge is 0.213 e. The molecule has 0 saturated heterocycles. The number of halogens is 1. The van der Waals surface area contributed by atoms with Crippen LogP contribution in [0.25, 0.3) is 0 Å². The average molecular weight is 270 g/mol. The summed E-state index contributed by atoms with van der Waals surface area (Å²) in [6, 6.07) is 3.73. The lowest BCUT2D eigenvalue weighted by Gasteiger charge is -2.21. The lowest BCUT2D eigenvalue weighted by molar-refractivity contribution is -0.121. The SMILES string of the molecule is O=C1CCC(Oc2ccc(Br)cn2)CC1. The summed E-state index contributed by atoms with van der Waals surface area (Å²) in [4.78, 5) is 15.2. The predicted molar refractivity (Wildman–Crippen MR) is 59.8 cm³/mol. The van der Waals surface area contributed by atoms with Gasteiger partial charge in [-0.25, -0.2) is 4.98 Å². The number of ether oxygens (including phenoxy) is 1. The van der Waals surface area contributed by atoms with Crippen molar-refractivity contribution >= 4 is 21.7 Å². The fraction of sp³-hybridized carbons (Fsp3) is 0.455. The minimum absolute atomic E-state index is 0.149. The maximum Gasteiger partial charge on any atom is 0.213 e. The Labute approximate surface area is 97.0 Å². The van der Waals surface area contributed by atoms with Gasteiger partial charge in [0.25, 0.3) is 0 Å². The van der Waals surface area contributed by atoms with Gasteiger partial charge in [0.05, 0.1) is 0 Å². The summed E-state index contributed by atoms with van der Waals surface area (Å²) in [7, 11) is 0. The summed E-state index contributed by atoms with van der Waals surface area (Å²) in [5.74, 6) is 0.983. The van der Waals surface area contributed by atoms with E-state index in [-0.39, 0.29) is 6.10 Å². The first kappa shape index (κ1) is 10.6. The Morgan fingerprint density at radius 1 is 1.33 bits per heavy atom. The molecule has 0 aliphatic heterocycles. The number of nitrogens with zero attached hydrogens (tertiary/aromatic N) is 1. The molecule has 1 aromatic heterocycles. The molecule has 0 atom stereocenters. The Balaban J connectivity index is 1.91. The summed E-state index contributed by atoms with van der Waals surface area (Å²) in [5, 5.41) is 0. The van der Waals surface area contributed by atoms with E-state index in [1.54, 1.807) is 6.20 Å². The molecule has 0 amide bonds. The van der Waals surface area contributed by atoms with Crippen LogP contribution in [0.4, 0.5) is 0 Å². The van der Waals surface area contributed by atoms with Crippen LogP contribution in [0.2, 0.25) is 0 Å². The number of hydrogen-bond acceptors (Lipinski definition) is 3. The lowest BCUT2D eigenvalue weighted by atomic mass is 9.96. The molecule has 80 valence electrons. The molecule has 1 heterocycles. The van der Waals surface area contributed by atoms with Crippen molar-refractivity contribution < 1.29 is 9.53 Å². The van der Waals surface area contributed by atoms with Crippen LogP contribution in [0.3, 0.4) is 0 Å². The number of pyridine rings is 1. The van der Waals surface area contributed by atoms with E-state index < -0.39 is 0 Å². The second-order valence-electron chi connectivity index (χ2n) is 3.67. The third-order valence-electron chi connectivity index (χ3n) is 2.48. The zero-order valence-electron chi connectivity index (χ0n) is 8.28. The van der Waals surface area contributed by atoms with E-state index >= 15 is 0 Å². The van der Waals surface area contributed by atoms with Gasteiger partial charge < -0.3 is 4.74 Å². The molecule has 0 bridgehead atoms. The molecule has 1 saturated carbocycles. The zero-order chi connectivity index (χ0) is 10.7. The van der Waals surface area contributed by atoms with E-state index in [0.717, 1.165) is 17.3 Å². The Morgan fingerprint density at radius 2 is 2.07 bits per heavy atom. The number of rotatable bonds is 2. The van der Waals surface area contributed by atoms with Crippen molar-refractivity contribution in [2.24, 2.45) is 0 Å². The molecular weight excluding hydrogens is 258 g/mol. The molecule has 1 aliphatic rings. The van der Waals surface area contributed by atoms with Gasteiger partial charge in [0.2, 0.25) is 5.88 Å². The van der Waals surface area contributed by atoms with Crippen LogP contribution < -0.4 is 4.74 Å². The number of carbonyl (C=O) groups excluding carboxylic acids is 1. The average Bonchev–Trinajstić information content (AvgIpc) is 2.25. The Morgan fingerprint density at radius 3 is 2.67 bits per heavy atom. The van der Waals surface area contributed by atoms with Crippen molar-refractivity contribution in [2.45, 2.75) is 31.8 Å². The van der Waals surface area contributed by atoms with Crippen LogP contribution in [0.15, 0.2) is 22.8 Å². The molecule has 3 nitrogen and oxygen atoms in total. The molecule has 1 aliphatic carbocycles. The van der Waals surface area contributed by atoms with Gasteiger partial charge in [0.1, 0.15) is 11.9 Å². The van der Waals surface area contributed by atoms with E-state index in [9.17, 15) is 4.79 Å². The van der Waals surface area contributed by atoms with Crippen molar-refractivity contribution in [3.05, 3.63) is 22.8 Å². The predicted octanol–water partition coefficient (Wildman–Crippen LogP) is 2.73. The summed E-state index contributed by atoms with van der Waals surface area (Å²) in [6.07, 6.45) is 4.77. The van der Waals surface area contributed by atoms with Gasteiger partial charge in [-0.2, -0.15) is 0 Å². The quantitative estimate of drug-likeness (QED) is 0.829. The van der Waals surface area contributed by atoms with E-state index in [4.69, 9.17) is 4.74 Å². The first-order valence-corrected chi connectivity index (χ1v) is 5.83. The minimum Gasteiger partial charge on any atom is -0.474 e. The third-order valence-corrected chi connectivity index (χ3v) is 2.95. The molecule has 1 aromatic rings. The molecular formula is C11H12BrNO2. The fourth-order valence-corrected chi connectivity index (χ4v) is 1.87. The Kier molecular flexibility index (Phi) is 3.36. The largest absolute Gasteiger partial charge is 0.474 e. The van der Waals surface area contributed by atoms with Gasteiger partial charge in [0, 0.05) is 29.6 Å². The van der Waals surface area contributed by atoms with Gasteiger partial charge in [-0.1, -0.05) is 0 Å². The highest BCUT2D eigenvalue weighted by atomic mass is 79.9. The maximum atomic E-state index is 11.0. The summed E-state index contributed by atoms with van der Waals surface area (Å²) < 4.78 is 6.61. The van der Waals surface area contributed by atoms with E-state index in [0.29, 0.717) is 24.5 Å². The van der Waals surface area contributed by atoms with Crippen LogP contribution in [0.1, 0.15) is 25.7 Å². The van der Waals surface area contributed by atoms with Gasteiger partial charge in [-0.05, 0) is 34.8 Å². The highest BCUT2D eigenvalue weighted by molar-refractivity contribution is 9.10. The second kappa shape index (κ2) is 4.75. The molecule has 0 aromatic carbocycles. The summed E-state index contributed by atoms with van der Waals surface area (Å²) in [5.41, 5.74) is 0. The molecule has 4 heteroatoms. The number of aromatic nitrogens is 1. The molecule has 15 heavy (non-hydrogen) atoms. The standard InChI is InChI=1S/C11H12BrNO2/c12-8-1-6-11(13-7-8)15-10-4-2-9(14)3-5-10/h1,6-7,10H,2-5H2. The summed E-state index contributed by atoms with van der Waals surface area (Å²) in [6.45, 7) is 0. The molecule has 0 N–H and O–H groups in total. The zero-order valence-corrected chi connectivity index (χ0v) is 9.87. The monoisotopic (exact) mass is 269 g/mol. The van der Waals surface area contributed by atoms with Crippen molar-refractivity contribution in [3.63, 3.8) is 0 Å². The normalized spacial score (nSPS) is 17.8. The highest BCUT2D eigenvalue weighted by Gasteiger charge is 2.20. The van der Waals surface area contributed by atoms with Crippen molar-refractivity contribution in [1.82, 2.24) is 4.98 Å². The van der Waals surface area contributed by atoms with Crippen LogP contribution in [0, 0.1) is 0 Å². The van der Waals surface area contributed by atoms with Gasteiger partial charge in [0.15, 0.2) is 0 Å². The topological polar surface area (TPSA) is 39.2 Å². The van der Waals surface area contributed by atoms with Gasteiger partial charge in [-0.3, -0.25) is 4.79 Å². The van der Waals surface area contributed by atoms with Crippen LogP contribution in [-0.2, 0) is 4.79 Å². The maximum absolute atomic E-state index is 11.0. The van der Waals surface area contributed by atoms with E-state index in [1.807, 2.05) is 12.1 Å². The fourth-order valence-electron chi connectivity index (χ4n) is 1.63. The Bertz CT molecular complexity index is 340. The second-order valence-corrected chi connectivity index (χ2v) is 4.59. The highest BCUT2D eigenvalue weighted by Crippen LogP contribution is 2.21. The van der Waals surface area contributed by atoms with E-state index in [1.165, 1.54) is 0 Å². The van der Waals surface area contributed by atoms with Crippen molar-refractivity contribution in [1.29, 1.82) is 0 Å².